The predicted molar refractivity (Wildman–Crippen MR) is 87.2 cm³/mol. The average molecular weight is 329 g/mol. The molecule has 0 radical (unpaired) electrons. The smallest absolute Gasteiger partial charge is 0.251 e. The van der Waals surface area contributed by atoms with Crippen molar-refractivity contribution >= 4 is 21.6 Å². The molecule has 0 unspecified atom stereocenters. The van der Waals surface area contributed by atoms with Gasteiger partial charge in [0.05, 0.1) is 17.9 Å². The van der Waals surface area contributed by atoms with Crippen LogP contribution in [0.2, 0.25) is 0 Å². The number of sulfonamides is 1. The molecule has 0 fully saturated rings. The molecule has 2 aromatic carbocycles. The number of hydrogen-bond acceptors (Lipinski definition) is 4. The topological polar surface area (TPSA) is 99.1 Å². The van der Waals surface area contributed by atoms with Crippen LogP contribution in [-0.4, -0.2) is 20.6 Å². The van der Waals surface area contributed by atoms with Crippen LogP contribution in [-0.2, 0) is 16.6 Å². The summed E-state index contributed by atoms with van der Waals surface area (Å²) < 4.78 is 24.8. The maximum absolute atomic E-state index is 12.1. The molecule has 0 bridgehead atoms. The van der Waals surface area contributed by atoms with Gasteiger partial charge < -0.3 is 5.32 Å². The molecular weight excluding hydrogens is 314 g/mol. The van der Waals surface area contributed by atoms with Gasteiger partial charge in [0.2, 0.25) is 10.0 Å². The summed E-state index contributed by atoms with van der Waals surface area (Å²) in [4.78, 5) is 12.1. The molecule has 0 spiro atoms. The minimum atomic E-state index is -3.34. The first kappa shape index (κ1) is 16.5. The maximum atomic E-state index is 12.1. The van der Waals surface area contributed by atoms with Crippen molar-refractivity contribution in [3.63, 3.8) is 0 Å². The number of carbonyl (C=O) groups is 1. The Kier molecular flexibility index (Phi) is 4.98. The van der Waals surface area contributed by atoms with Crippen LogP contribution in [0.3, 0.4) is 0 Å². The summed E-state index contributed by atoms with van der Waals surface area (Å²) in [6.45, 7) is 0.245. The second kappa shape index (κ2) is 6.94. The number of rotatable bonds is 5. The Morgan fingerprint density at radius 3 is 2.61 bits per heavy atom. The highest BCUT2D eigenvalue weighted by Crippen LogP contribution is 2.12. The highest BCUT2D eigenvalue weighted by Gasteiger charge is 2.07. The average Bonchev–Trinajstić information content (AvgIpc) is 2.51. The molecule has 0 saturated carbocycles. The minimum Gasteiger partial charge on any atom is -0.348 e. The van der Waals surface area contributed by atoms with Crippen LogP contribution in [0, 0.1) is 11.3 Å². The van der Waals surface area contributed by atoms with Gasteiger partial charge in [0, 0.05) is 17.8 Å². The third kappa shape index (κ3) is 5.13. The quantitative estimate of drug-likeness (QED) is 0.874. The van der Waals surface area contributed by atoms with Gasteiger partial charge in [0.1, 0.15) is 0 Å². The van der Waals surface area contributed by atoms with Crippen molar-refractivity contribution in [1.82, 2.24) is 5.32 Å². The zero-order valence-electron chi connectivity index (χ0n) is 12.4. The first-order chi connectivity index (χ1) is 10.9. The molecule has 0 aromatic heterocycles. The molecule has 2 N–H and O–H groups in total. The lowest BCUT2D eigenvalue weighted by molar-refractivity contribution is 0.0951. The lowest BCUT2D eigenvalue weighted by atomic mass is 10.1. The van der Waals surface area contributed by atoms with Crippen molar-refractivity contribution in [3.8, 4) is 6.07 Å². The van der Waals surface area contributed by atoms with Crippen LogP contribution in [0.1, 0.15) is 21.5 Å². The van der Waals surface area contributed by atoms with Gasteiger partial charge in [-0.3, -0.25) is 9.52 Å². The van der Waals surface area contributed by atoms with E-state index >= 15 is 0 Å². The van der Waals surface area contributed by atoms with E-state index < -0.39 is 10.0 Å². The summed E-state index contributed by atoms with van der Waals surface area (Å²) in [5, 5.41) is 11.6. The molecule has 7 heteroatoms. The fraction of sp³-hybridized carbons (Fsp3) is 0.125. The van der Waals surface area contributed by atoms with Gasteiger partial charge in [-0.2, -0.15) is 5.26 Å². The van der Waals surface area contributed by atoms with Crippen LogP contribution >= 0.6 is 0 Å². The first-order valence-electron chi connectivity index (χ1n) is 6.72. The summed E-state index contributed by atoms with van der Waals surface area (Å²) in [6, 6.07) is 15.1. The summed E-state index contributed by atoms with van der Waals surface area (Å²) in [5.41, 5.74) is 2.00. The molecular formula is C16H15N3O3S. The Labute approximate surface area is 134 Å². The summed E-state index contributed by atoms with van der Waals surface area (Å²) in [5.74, 6) is -0.302. The highest BCUT2D eigenvalue weighted by atomic mass is 32.2. The standard InChI is InChI=1S/C16H15N3O3S/c1-23(21,22)19-15-7-3-5-13(9-15)11-18-16(20)14-6-2-4-12(8-14)10-17/h2-9,19H,11H2,1H3,(H,18,20). The van der Waals surface area contributed by atoms with Gasteiger partial charge in [0.25, 0.3) is 5.91 Å². The number of benzene rings is 2. The van der Waals surface area contributed by atoms with Crippen LogP contribution < -0.4 is 10.0 Å². The van der Waals surface area contributed by atoms with E-state index in [4.69, 9.17) is 5.26 Å². The zero-order valence-corrected chi connectivity index (χ0v) is 13.2. The SMILES string of the molecule is CS(=O)(=O)Nc1cccc(CNC(=O)c2cccc(C#N)c2)c1. The second-order valence-corrected chi connectivity index (χ2v) is 6.70. The second-order valence-electron chi connectivity index (χ2n) is 4.95. The zero-order chi connectivity index (χ0) is 16.9. The largest absolute Gasteiger partial charge is 0.348 e. The number of amides is 1. The highest BCUT2D eigenvalue weighted by molar-refractivity contribution is 7.92. The number of anilines is 1. The number of hydrogen-bond donors (Lipinski definition) is 2. The Hall–Kier alpha value is -2.85. The van der Waals surface area contributed by atoms with Crippen molar-refractivity contribution in [2.75, 3.05) is 11.0 Å². The van der Waals surface area contributed by atoms with Crippen molar-refractivity contribution in [3.05, 3.63) is 65.2 Å². The molecule has 0 saturated heterocycles. The number of nitrogens with zero attached hydrogens (tertiary/aromatic N) is 1. The van der Waals surface area contributed by atoms with Crippen molar-refractivity contribution in [2.24, 2.45) is 0 Å². The lowest BCUT2D eigenvalue weighted by Gasteiger charge is -2.08. The van der Waals surface area contributed by atoms with E-state index in [1.807, 2.05) is 6.07 Å². The molecule has 23 heavy (non-hydrogen) atoms. The normalized spacial score (nSPS) is 10.6. The van der Waals surface area contributed by atoms with Crippen molar-refractivity contribution < 1.29 is 13.2 Å². The lowest BCUT2D eigenvalue weighted by Crippen LogP contribution is -2.22. The van der Waals surface area contributed by atoms with E-state index in [0.717, 1.165) is 11.8 Å². The molecule has 6 nitrogen and oxygen atoms in total. The van der Waals surface area contributed by atoms with Crippen LogP contribution in [0.15, 0.2) is 48.5 Å². The summed E-state index contributed by atoms with van der Waals surface area (Å²) in [7, 11) is -3.34. The Morgan fingerprint density at radius 2 is 1.91 bits per heavy atom. The fourth-order valence-corrected chi connectivity index (χ4v) is 2.53. The van der Waals surface area contributed by atoms with Crippen molar-refractivity contribution in [1.29, 1.82) is 5.26 Å². The molecule has 0 aliphatic rings. The number of nitriles is 1. The molecule has 0 heterocycles. The summed E-state index contributed by atoms with van der Waals surface area (Å²) >= 11 is 0. The van der Waals surface area contributed by atoms with Crippen LogP contribution in [0.5, 0.6) is 0 Å². The molecule has 0 aliphatic heterocycles. The molecule has 1 amide bonds. The van der Waals surface area contributed by atoms with Gasteiger partial charge in [-0.05, 0) is 35.9 Å². The Balaban J connectivity index is 2.04. The van der Waals surface area contributed by atoms with Gasteiger partial charge >= 0.3 is 0 Å². The third-order valence-electron chi connectivity index (χ3n) is 2.94. The van der Waals surface area contributed by atoms with Crippen molar-refractivity contribution in [2.45, 2.75) is 6.54 Å². The van der Waals surface area contributed by atoms with E-state index in [0.29, 0.717) is 16.8 Å². The van der Waals surface area contributed by atoms with Gasteiger partial charge in [-0.1, -0.05) is 18.2 Å². The molecule has 0 aliphatic carbocycles. The van der Waals surface area contributed by atoms with E-state index in [1.54, 1.807) is 42.5 Å². The first-order valence-corrected chi connectivity index (χ1v) is 8.61. The molecule has 118 valence electrons. The molecule has 2 rings (SSSR count). The summed E-state index contributed by atoms with van der Waals surface area (Å²) in [6.07, 6.45) is 1.07. The van der Waals surface area contributed by atoms with E-state index in [-0.39, 0.29) is 12.5 Å². The molecule has 0 atom stereocenters. The predicted octanol–water partition coefficient (Wildman–Crippen LogP) is 1.86. The number of nitrogens with one attached hydrogen (secondary N) is 2. The fourth-order valence-electron chi connectivity index (χ4n) is 1.97. The van der Waals surface area contributed by atoms with E-state index in [2.05, 4.69) is 10.0 Å². The maximum Gasteiger partial charge on any atom is 0.251 e. The van der Waals surface area contributed by atoms with E-state index in [1.165, 1.54) is 6.07 Å². The minimum absolute atomic E-state index is 0.245. The Morgan fingerprint density at radius 1 is 1.17 bits per heavy atom. The Bertz CT molecular complexity index is 870. The van der Waals surface area contributed by atoms with Gasteiger partial charge in [-0.25, -0.2) is 8.42 Å². The van der Waals surface area contributed by atoms with Crippen LogP contribution in [0.4, 0.5) is 5.69 Å². The van der Waals surface area contributed by atoms with Gasteiger partial charge in [-0.15, -0.1) is 0 Å². The number of carbonyl (C=O) groups excluding carboxylic acids is 1. The van der Waals surface area contributed by atoms with Crippen LogP contribution in [0.25, 0.3) is 0 Å². The monoisotopic (exact) mass is 329 g/mol. The van der Waals surface area contributed by atoms with Gasteiger partial charge in [0.15, 0.2) is 0 Å². The molecule has 2 aromatic rings. The third-order valence-corrected chi connectivity index (χ3v) is 3.54. The van der Waals surface area contributed by atoms with E-state index in [9.17, 15) is 13.2 Å².